The second kappa shape index (κ2) is 15.0. The summed E-state index contributed by atoms with van der Waals surface area (Å²) < 4.78 is 9.37. The van der Waals surface area contributed by atoms with Crippen LogP contribution in [0.5, 0.6) is 0 Å². The molecule has 12 aromatic rings. The van der Waals surface area contributed by atoms with Gasteiger partial charge in [0.15, 0.2) is 5.82 Å². The fourth-order valence-electron chi connectivity index (χ4n) is 8.89. The van der Waals surface area contributed by atoms with E-state index < -0.39 is 0 Å². The van der Waals surface area contributed by atoms with Gasteiger partial charge < -0.3 is 4.42 Å². The number of benzene rings is 9. The van der Waals surface area contributed by atoms with E-state index in [0.29, 0.717) is 5.82 Å². The topological polar surface area (TPSA) is 38.9 Å². The van der Waals surface area contributed by atoms with Crippen LogP contribution >= 0.6 is 11.3 Å². The first-order chi connectivity index (χ1) is 30.7. The van der Waals surface area contributed by atoms with Gasteiger partial charge >= 0.3 is 0 Å². The second-order valence-electron chi connectivity index (χ2n) is 15.7. The van der Waals surface area contributed by atoms with Gasteiger partial charge in [0.1, 0.15) is 11.2 Å². The summed E-state index contributed by atoms with van der Waals surface area (Å²) in [7, 11) is 0. The molecule has 0 radical (unpaired) electrons. The first-order valence-electron chi connectivity index (χ1n) is 20.9. The summed E-state index contributed by atoms with van der Waals surface area (Å²) in [5.74, 6) is 0.675. The molecular formula is C58H36N2OS. The van der Waals surface area contributed by atoms with Gasteiger partial charge in [0.2, 0.25) is 0 Å². The Labute approximate surface area is 362 Å². The average Bonchev–Trinajstić information content (AvgIpc) is 3.94. The van der Waals surface area contributed by atoms with E-state index in [4.69, 9.17) is 14.4 Å². The Hall–Kier alpha value is -7.92. The van der Waals surface area contributed by atoms with Crippen molar-refractivity contribution in [3.05, 3.63) is 218 Å². The molecule has 4 heteroatoms. The lowest BCUT2D eigenvalue weighted by Crippen LogP contribution is -1.97. The van der Waals surface area contributed by atoms with Crippen molar-refractivity contribution in [2.75, 3.05) is 0 Å². The van der Waals surface area contributed by atoms with Crippen LogP contribution in [0.1, 0.15) is 0 Å². The quantitative estimate of drug-likeness (QED) is 0.161. The molecule has 0 bridgehead atoms. The standard InChI is InChI=1S/C58H36N2OS/c1-4-15-37(16-5-1)42-33-43(38-17-6-2-7-18-38)35-44(34-42)58-59-51(40-19-8-3-9-20-40)36-52(60-58)41-29-27-39(28-30-41)45-31-32-47(55-50-22-10-12-25-53(50)61-56(45)55)49-24-14-23-48-46-21-11-13-26-54(46)62-57(48)49/h1-36H. The molecule has 0 amide bonds. The average molecular weight is 809 g/mol. The van der Waals surface area contributed by atoms with Crippen LogP contribution in [0.4, 0.5) is 0 Å². The number of rotatable bonds is 7. The lowest BCUT2D eigenvalue weighted by Gasteiger charge is -2.13. The Balaban J connectivity index is 0.991. The zero-order valence-electron chi connectivity index (χ0n) is 33.5. The van der Waals surface area contributed by atoms with E-state index in [1.807, 2.05) is 23.5 Å². The molecule has 62 heavy (non-hydrogen) atoms. The minimum Gasteiger partial charge on any atom is -0.455 e. The van der Waals surface area contributed by atoms with E-state index in [1.54, 1.807) is 0 Å². The highest BCUT2D eigenvalue weighted by Gasteiger charge is 2.20. The SMILES string of the molecule is c1ccc(-c2cc(-c3ccccc3)cc(-c3nc(-c4ccccc4)cc(-c4ccc(-c5ccc(-c6cccc7c6sc6ccccc67)c6c5oc5ccccc56)cc4)n3)c2)cc1. The van der Waals surface area contributed by atoms with E-state index in [-0.39, 0.29) is 0 Å². The predicted molar refractivity (Wildman–Crippen MR) is 260 cm³/mol. The van der Waals surface area contributed by atoms with Gasteiger partial charge in [0, 0.05) is 58.8 Å². The molecule has 0 aliphatic heterocycles. The first kappa shape index (κ1) is 36.0. The van der Waals surface area contributed by atoms with Crippen molar-refractivity contribution >= 4 is 53.4 Å². The number of fused-ring (bicyclic) bond motifs is 6. The number of thiophene rings is 1. The molecule has 0 spiro atoms. The molecule has 12 rings (SSSR count). The largest absolute Gasteiger partial charge is 0.455 e. The van der Waals surface area contributed by atoms with Gasteiger partial charge in [-0.2, -0.15) is 0 Å². The molecule has 0 aliphatic rings. The number of aromatic nitrogens is 2. The van der Waals surface area contributed by atoms with Crippen molar-refractivity contribution in [3.8, 4) is 78.4 Å². The molecule has 290 valence electrons. The van der Waals surface area contributed by atoms with Gasteiger partial charge in [-0.05, 0) is 75.8 Å². The zero-order chi connectivity index (χ0) is 41.0. The summed E-state index contributed by atoms with van der Waals surface area (Å²) in [6.07, 6.45) is 0. The fourth-order valence-corrected chi connectivity index (χ4v) is 10.1. The van der Waals surface area contributed by atoms with Crippen molar-refractivity contribution in [2.24, 2.45) is 0 Å². The molecule has 0 unspecified atom stereocenters. The van der Waals surface area contributed by atoms with Crippen LogP contribution in [0.2, 0.25) is 0 Å². The van der Waals surface area contributed by atoms with E-state index in [1.165, 1.54) is 31.3 Å². The molecular weight excluding hydrogens is 773 g/mol. The Kier molecular flexibility index (Phi) is 8.68. The van der Waals surface area contributed by atoms with Gasteiger partial charge in [-0.25, -0.2) is 9.97 Å². The van der Waals surface area contributed by atoms with Crippen LogP contribution in [-0.4, -0.2) is 9.97 Å². The number of nitrogens with zero attached hydrogens (tertiary/aromatic N) is 2. The van der Waals surface area contributed by atoms with Gasteiger partial charge in [0.25, 0.3) is 0 Å². The summed E-state index contributed by atoms with van der Waals surface area (Å²) in [4.78, 5) is 10.5. The molecule has 0 atom stereocenters. The van der Waals surface area contributed by atoms with Crippen LogP contribution in [0.15, 0.2) is 223 Å². The van der Waals surface area contributed by atoms with E-state index in [2.05, 4.69) is 206 Å². The smallest absolute Gasteiger partial charge is 0.160 e. The highest BCUT2D eigenvalue weighted by atomic mass is 32.1. The van der Waals surface area contributed by atoms with Crippen molar-refractivity contribution in [2.45, 2.75) is 0 Å². The van der Waals surface area contributed by atoms with E-state index >= 15 is 0 Å². The second-order valence-corrected chi connectivity index (χ2v) is 16.7. The summed E-state index contributed by atoms with van der Waals surface area (Å²) in [6.45, 7) is 0. The number of hydrogen-bond donors (Lipinski definition) is 0. The van der Waals surface area contributed by atoms with E-state index in [9.17, 15) is 0 Å². The molecule has 3 heterocycles. The zero-order valence-corrected chi connectivity index (χ0v) is 34.3. The Morgan fingerprint density at radius 1 is 0.339 bits per heavy atom. The third kappa shape index (κ3) is 6.28. The predicted octanol–water partition coefficient (Wildman–Crippen LogP) is 16.4. The highest BCUT2D eigenvalue weighted by molar-refractivity contribution is 7.26. The Morgan fingerprint density at radius 2 is 0.871 bits per heavy atom. The third-order valence-corrected chi connectivity index (χ3v) is 13.1. The molecule has 0 N–H and O–H groups in total. The lowest BCUT2D eigenvalue weighted by molar-refractivity contribution is 0.670. The number of para-hydroxylation sites is 1. The normalized spacial score (nSPS) is 11.5. The monoisotopic (exact) mass is 808 g/mol. The van der Waals surface area contributed by atoms with Gasteiger partial charge in [0.05, 0.1) is 11.4 Å². The van der Waals surface area contributed by atoms with Crippen molar-refractivity contribution < 1.29 is 4.42 Å². The Morgan fingerprint density at radius 3 is 1.56 bits per heavy atom. The molecule has 3 aromatic heterocycles. The molecule has 0 saturated carbocycles. The Bertz CT molecular complexity index is 3550. The number of hydrogen-bond acceptors (Lipinski definition) is 4. The molecule has 3 nitrogen and oxygen atoms in total. The minimum atomic E-state index is 0.675. The maximum Gasteiger partial charge on any atom is 0.160 e. The van der Waals surface area contributed by atoms with Gasteiger partial charge in [-0.15, -0.1) is 11.3 Å². The summed E-state index contributed by atoms with van der Waals surface area (Å²) in [5, 5.41) is 4.83. The molecule has 0 saturated heterocycles. The number of furan rings is 1. The molecule has 0 fully saturated rings. The lowest BCUT2D eigenvalue weighted by atomic mass is 9.93. The van der Waals surface area contributed by atoms with Crippen LogP contribution in [0, 0.1) is 0 Å². The maximum atomic E-state index is 6.78. The molecule has 0 aliphatic carbocycles. The summed E-state index contributed by atoms with van der Waals surface area (Å²) >= 11 is 1.86. The van der Waals surface area contributed by atoms with Crippen molar-refractivity contribution in [1.82, 2.24) is 9.97 Å². The van der Waals surface area contributed by atoms with E-state index in [0.717, 1.165) is 83.4 Å². The molecule has 9 aromatic carbocycles. The first-order valence-corrected chi connectivity index (χ1v) is 21.7. The van der Waals surface area contributed by atoms with Crippen molar-refractivity contribution in [1.29, 1.82) is 0 Å². The van der Waals surface area contributed by atoms with Crippen LogP contribution in [-0.2, 0) is 0 Å². The third-order valence-electron chi connectivity index (χ3n) is 11.9. The van der Waals surface area contributed by atoms with Crippen LogP contribution in [0.25, 0.3) is 121 Å². The van der Waals surface area contributed by atoms with Gasteiger partial charge in [-0.3, -0.25) is 0 Å². The van der Waals surface area contributed by atoms with Crippen molar-refractivity contribution in [3.63, 3.8) is 0 Å². The fraction of sp³-hybridized carbons (Fsp3) is 0. The van der Waals surface area contributed by atoms with Gasteiger partial charge in [-0.1, -0.05) is 176 Å². The van der Waals surface area contributed by atoms with Crippen LogP contribution < -0.4 is 0 Å². The highest BCUT2D eigenvalue weighted by Crippen LogP contribution is 2.46. The minimum absolute atomic E-state index is 0.675. The maximum absolute atomic E-state index is 6.78. The summed E-state index contributed by atoms with van der Waals surface area (Å²) in [5.41, 5.74) is 15.5. The summed E-state index contributed by atoms with van der Waals surface area (Å²) in [6, 6.07) is 77.2. The van der Waals surface area contributed by atoms with Crippen LogP contribution in [0.3, 0.4) is 0 Å².